The smallest absolute Gasteiger partial charge is 0.339 e. The number of rotatable bonds is 5. The number of aromatic nitrogens is 1. The third-order valence-electron chi connectivity index (χ3n) is 5.04. The first-order valence-corrected chi connectivity index (χ1v) is 9.63. The topological polar surface area (TPSA) is 94.6 Å². The van der Waals surface area contributed by atoms with Gasteiger partial charge in [0.1, 0.15) is 5.75 Å². The lowest BCUT2D eigenvalue weighted by atomic mass is 10.0. The maximum absolute atomic E-state index is 12.9. The number of fused-ring (bicyclic) bond motifs is 2. The highest BCUT2D eigenvalue weighted by atomic mass is 16.5. The van der Waals surface area contributed by atoms with Gasteiger partial charge in [0.15, 0.2) is 19.0 Å². The molecule has 0 radical (unpaired) electrons. The Hall–Kier alpha value is -3.74. The zero-order valence-corrected chi connectivity index (χ0v) is 16.7. The number of aryl methyl sites for hydroxylation is 1. The van der Waals surface area contributed by atoms with Crippen molar-refractivity contribution in [2.45, 2.75) is 20.3 Å². The van der Waals surface area contributed by atoms with E-state index in [0.717, 1.165) is 11.3 Å². The number of benzene rings is 2. The highest BCUT2D eigenvalue weighted by molar-refractivity contribution is 6.07. The van der Waals surface area contributed by atoms with Crippen LogP contribution in [0.5, 0.6) is 5.75 Å². The van der Waals surface area contributed by atoms with Gasteiger partial charge in [-0.2, -0.15) is 0 Å². The molecule has 4 rings (SSSR count). The SMILES string of the molecule is CCc1nc2ccccc2c(C(=O)OCC(=O)c2ccc3c(c2)NC(=O)CO3)c1C. The van der Waals surface area contributed by atoms with E-state index in [0.29, 0.717) is 39.9 Å². The Morgan fingerprint density at radius 3 is 2.80 bits per heavy atom. The number of Topliss-reactive ketones (excluding diaryl/α,β-unsaturated/α-hetero) is 1. The summed E-state index contributed by atoms with van der Waals surface area (Å²) >= 11 is 0. The molecule has 0 saturated heterocycles. The van der Waals surface area contributed by atoms with Crippen molar-refractivity contribution in [1.29, 1.82) is 0 Å². The van der Waals surface area contributed by atoms with E-state index in [4.69, 9.17) is 9.47 Å². The largest absolute Gasteiger partial charge is 0.482 e. The van der Waals surface area contributed by atoms with E-state index in [9.17, 15) is 14.4 Å². The van der Waals surface area contributed by atoms with Gasteiger partial charge in [-0.1, -0.05) is 25.1 Å². The normalized spacial score (nSPS) is 12.7. The molecule has 1 aliphatic rings. The number of carbonyl (C=O) groups is 3. The second-order valence-corrected chi connectivity index (χ2v) is 6.98. The molecule has 0 unspecified atom stereocenters. The number of ketones is 1. The van der Waals surface area contributed by atoms with Crippen molar-refractivity contribution in [1.82, 2.24) is 4.98 Å². The zero-order chi connectivity index (χ0) is 21.3. The Balaban J connectivity index is 1.56. The maximum Gasteiger partial charge on any atom is 0.339 e. The number of anilines is 1. The zero-order valence-electron chi connectivity index (χ0n) is 16.7. The van der Waals surface area contributed by atoms with Crippen LogP contribution in [0.2, 0.25) is 0 Å². The quantitative estimate of drug-likeness (QED) is 0.517. The fraction of sp³-hybridized carbons (Fsp3) is 0.217. The summed E-state index contributed by atoms with van der Waals surface area (Å²) < 4.78 is 10.7. The molecular weight excluding hydrogens is 384 g/mol. The van der Waals surface area contributed by atoms with Crippen molar-refractivity contribution in [3.63, 3.8) is 0 Å². The van der Waals surface area contributed by atoms with Crippen LogP contribution in [-0.2, 0) is 16.0 Å². The molecule has 0 atom stereocenters. The summed E-state index contributed by atoms with van der Waals surface area (Å²) in [4.78, 5) is 41.5. The lowest BCUT2D eigenvalue weighted by Crippen LogP contribution is -2.25. The number of ether oxygens (including phenoxy) is 2. The number of amides is 1. The second kappa shape index (κ2) is 7.94. The first kappa shape index (κ1) is 19.6. The summed E-state index contributed by atoms with van der Waals surface area (Å²) in [6.45, 7) is 3.34. The molecule has 7 nitrogen and oxygen atoms in total. The van der Waals surface area contributed by atoms with Gasteiger partial charge in [-0.3, -0.25) is 14.6 Å². The van der Waals surface area contributed by atoms with Crippen LogP contribution in [0.1, 0.15) is 38.9 Å². The number of pyridine rings is 1. The predicted octanol–water partition coefficient (Wildman–Crippen LogP) is 3.48. The molecular formula is C23H20N2O5. The number of para-hydroxylation sites is 1. The van der Waals surface area contributed by atoms with E-state index in [1.54, 1.807) is 12.1 Å². The Labute approximate surface area is 173 Å². The molecule has 3 aromatic rings. The summed E-state index contributed by atoms with van der Waals surface area (Å²) in [6, 6.07) is 12.1. The van der Waals surface area contributed by atoms with Crippen LogP contribution in [-0.4, -0.2) is 35.9 Å². The molecule has 1 aromatic heterocycles. The summed E-state index contributed by atoms with van der Waals surface area (Å²) in [5, 5.41) is 3.35. The number of hydrogen-bond acceptors (Lipinski definition) is 6. The monoisotopic (exact) mass is 404 g/mol. The van der Waals surface area contributed by atoms with Gasteiger partial charge >= 0.3 is 5.97 Å². The van der Waals surface area contributed by atoms with E-state index < -0.39 is 12.6 Å². The number of esters is 1. The van der Waals surface area contributed by atoms with Crippen molar-refractivity contribution in [3.8, 4) is 5.75 Å². The lowest BCUT2D eigenvalue weighted by Gasteiger charge is -2.18. The molecule has 30 heavy (non-hydrogen) atoms. The first-order valence-electron chi connectivity index (χ1n) is 9.63. The van der Waals surface area contributed by atoms with E-state index in [-0.39, 0.29) is 18.3 Å². The first-order chi connectivity index (χ1) is 14.5. The Kier molecular flexibility index (Phi) is 5.18. The molecule has 1 aliphatic heterocycles. The lowest BCUT2D eigenvalue weighted by molar-refractivity contribution is -0.118. The van der Waals surface area contributed by atoms with Gasteiger partial charge in [0.2, 0.25) is 0 Å². The molecule has 1 N–H and O–H groups in total. The van der Waals surface area contributed by atoms with Crippen molar-refractivity contribution in [2.24, 2.45) is 0 Å². The minimum Gasteiger partial charge on any atom is -0.482 e. The molecule has 0 fully saturated rings. The average Bonchev–Trinajstić information content (AvgIpc) is 2.76. The fourth-order valence-electron chi connectivity index (χ4n) is 3.51. The van der Waals surface area contributed by atoms with Gasteiger partial charge in [0.25, 0.3) is 5.91 Å². The average molecular weight is 404 g/mol. The number of carbonyl (C=O) groups excluding carboxylic acids is 3. The van der Waals surface area contributed by atoms with Crippen molar-refractivity contribution >= 4 is 34.3 Å². The van der Waals surface area contributed by atoms with Crippen LogP contribution < -0.4 is 10.1 Å². The minimum absolute atomic E-state index is 0.0586. The Bertz CT molecular complexity index is 1190. The number of nitrogens with one attached hydrogen (secondary N) is 1. The predicted molar refractivity (Wildman–Crippen MR) is 111 cm³/mol. The van der Waals surface area contributed by atoms with Crippen LogP contribution in [0, 0.1) is 6.92 Å². The van der Waals surface area contributed by atoms with Gasteiger partial charge in [0.05, 0.1) is 16.8 Å². The molecule has 0 bridgehead atoms. The number of hydrogen-bond donors (Lipinski definition) is 1. The van der Waals surface area contributed by atoms with Gasteiger partial charge in [-0.25, -0.2) is 4.79 Å². The fourth-order valence-corrected chi connectivity index (χ4v) is 3.51. The molecule has 7 heteroatoms. The van der Waals surface area contributed by atoms with E-state index >= 15 is 0 Å². The van der Waals surface area contributed by atoms with Crippen molar-refractivity contribution in [3.05, 3.63) is 64.8 Å². The number of nitrogens with zero attached hydrogens (tertiary/aromatic N) is 1. The molecule has 0 spiro atoms. The van der Waals surface area contributed by atoms with E-state index in [2.05, 4.69) is 10.3 Å². The Morgan fingerprint density at radius 1 is 1.20 bits per heavy atom. The van der Waals surface area contributed by atoms with E-state index in [1.807, 2.05) is 38.1 Å². The van der Waals surface area contributed by atoms with Gasteiger partial charge in [-0.15, -0.1) is 0 Å². The Morgan fingerprint density at radius 2 is 2.00 bits per heavy atom. The molecule has 152 valence electrons. The highest BCUT2D eigenvalue weighted by Crippen LogP contribution is 2.29. The van der Waals surface area contributed by atoms with Gasteiger partial charge in [-0.05, 0) is 43.2 Å². The van der Waals surface area contributed by atoms with Crippen molar-refractivity contribution < 1.29 is 23.9 Å². The van der Waals surface area contributed by atoms with Crippen LogP contribution in [0.4, 0.5) is 5.69 Å². The van der Waals surface area contributed by atoms with Crippen LogP contribution in [0.3, 0.4) is 0 Å². The second-order valence-electron chi connectivity index (χ2n) is 6.98. The molecule has 1 amide bonds. The van der Waals surface area contributed by atoms with Crippen LogP contribution >= 0.6 is 0 Å². The molecule has 2 heterocycles. The third kappa shape index (κ3) is 3.61. The third-order valence-corrected chi connectivity index (χ3v) is 5.04. The highest BCUT2D eigenvalue weighted by Gasteiger charge is 2.21. The molecule has 0 aliphatic carbocycles. The van der Waals surface area contributed by atoms with Crippen molar-refractivity contribution in [2.75, 3.05) is 18.5 Å². The van der Waals surface area contributed by atoms with Gasteiger partial charge in [0, 0.05) is 16.6 Å². The molecule has 0 saturated carbocycles. The standard InChI is InChI=1S/C23H20N2O5/c1-3-16-13(2)22(15-6-4-5-7-17(15)24-16)23(28)30-11-19(26)14-8-9-20-18(10-14)25-21(27)12-29-20/h4-10H,3,11-12H2,1-2H3,(H,25,27). The minimum atomic E-state index is -0.566. The van der Waals surface area contributed by atoms with E-state index in [1.165, 1.54) is 6.07 Å². The van der Waals surface area contributed by atoms with Crippen LogP contribution in [0.15, 0.2) is 42.5 Å². The molecule has 2 aromatic carbocycles. The summed E-state index contributed by atoms with van der Waals surface area (Å²) in [5.74, 6) is -0.735. The van der Waals surface area contributed by atoms with Crippen LogP contribution in [0.25, 0.3) is 10.9 Å². The summed E-state index contributed by atoms with van der Waals surface area (Å²) in [6.07, 6.45) is 0.679. The van der Waals surface area contributed by atoms with Gasteiger partial charge < -0.3 is 14.8 Å². The summed E-state index contributed by atoms with van der Waals surface area (Å²) in [5.41, 5.74) is 3.45. The summed E-state index contributed by atoms with van der Waals surface area (Å²) in [7, 11) is 0. The maximum atomic E-state index is 12.9.